The second kappa shape index (κ2) is 6.86. The molecule has 0 unspecified atom stereocenters. The lowest BCUT2D eigenvalue weighted by molar-refractivity contribution is 0.0959. The minimum absolute atomic E-state index is 0.147. The van der Waals surface area contributed by atoms with Crippen molar-refractivity contribution in [1.29, 1.82) is 0 Å². The summed E-state index contributed by atoms with van der Waals surface area (Å²) in [7, 11) is 0. The third-order valence-corrected chi connectivity index (χ3v) is 3.86. The minimum atomic E-state index is -0.147. The van der Waals surface area contributed by atoms with Gasteiger partial charge in [0.1, 0.15) is 0 Å². The monoisotopic (exact) mass is 286 g/mol. The maximum atomic E-state index is 12.9. The van der Waals surface area contributed by atoms with E-state index in [2.05, 4.69) is 12.1 Å². The van der Waals surface area contributed by atoms with Crippen LogP contribution in [0.4, 0.5) is 0 Å². The fourth-order valence-electron chi connectivity index (χ4n) is 2.70. The summed E-state index contributed by atoms with van der Waals surface area (Å²) in [6.45, 7) is 0. The summed E-state index contributed by atoms with van der Waals surface area (Å²) < 4.78 is 0. The maximum Gasteiger partial charge on any atom is 0.170 e. The molecule has 3 aromatic rings. The van der Waals surface area contributed by atoms with Gasteiger partial charge in [-0.05, 0) is 17.5 Å². The largest absolute Gasteiger partial charge is 0.293 e. The molecule has 0 bridgehead atoms. The zero-order valence-electron chi connectivity index (χ0n) is 12.4. The van der Waals surface area contributed by atoms with Crippen LogP contribution < -0.4 is 0 Å². The van der Waals surface area contributed by atoms with E-state index >= 15 is 0 Å². The molecule has 0 amide bonds. The quantitative estimate of drug-likeness (QED) is 0.610. The predicted molar refractivity (Wildman–Crippen MR) is 90.1 cm³/mol. The van der Waals surface area contributed by atoms with Crippen LogP contribution >= 0.6 is 0 Å². The zero-order chi connectivity index (χ0) is 15.2. The molecule has 1 atom stereocenters. The fraction of sp³-hybridized carbons (Fsp3) is 0.0952. The first-order valence-electron chi connectivity index (χ1n) is 7.53. The Morgan fingerprint density at radius 1 is 0.682 bits per heavy atom. The summed E-state index contributed by atoms with van der Waals surface area (Å²) in [4.78, 5) is 12.9. The molecule has 0 aliphatic heterocycles. The molecular formula is C21H18O. The normalized spacial score (nSPS) is 11.8. The lowest BCUT2D eigenvalue weighted by Crippen LogP contribution is -2.15. The van der Waals surface area contributed by atoms with Crippen LogP contribution in [0.25, 0.3) is 0 Å². The molecule has 0 aliphatic rings. The van der Waals surface area contributed by atoms with Gasteiger partial charge in [0.05, 0.1) is 5.92 Å². The zero-order valence-corrected chi connectivity index (χ0v) is 12.4. The highest BCUT2D eigenvalue weighted by molar-refractivity contribution is 6.01. The summed E-state index contributed by atoms with van der Waals surface area (Å²) in [5.41, 5.74) is 3.02. The number of carbonyl (C=O) groups excluding carboxylic acids is 1. The Morgan fingerprint density at radius 3 is 1.77 bits per heavy atom. The van der Waals surface area contributed by atoms with Gasteiger partial charge in [-0.15, -0.1) is 0 Å². The van der Waals surface area contributed by atoms with Crippen molar-refractivity contribution >= 4 is 5.78 Å². The third-order valence-electron chi connectivity index (χ3n) is 3.86. The smallest absolute Gasteiger partial charge is 0.170 e. The van der Waals surface area contributed by atoms with Crippen molar-refractivity contribution in [3.63, 3.8) is 0 Å². The average molecular weight is 286 g/mol. The van der Waals surface area contributed by atoms with Gasteiger partial charge in [-0.1, -0.05) is 91.0 Å². The van der Waals surface area contributed by atoms with Crippen LogP contribution in [-0.4, -0.2) is 5.78 Å². The lowest BCUT2D eigenvalue weighted by atomic mass is 9.85. The SMILES string of the molecule is O=C(c1ccccc1)[C@H](Cc1ccccc1)c1ccccc1. The predicted octanol–water partition coefficient (Wildman–Crippen LogP) is 4.90. The third kappa shape index (κ3) is 3.32. The summed E-state index contributed by atoms with van der Waals surface area (Å²) in [6, 6.07) is 29.8. The van der Waals surface area contributed by atoms with Crippen LogP contribution in [0.15, 0.2) is 91.0 Å². The van der Waals surface area contributed by atoms with Gasteiger partial charge < -0.3 is 0 Å². The highest BCUT2D eigenvalue weighted by Crippen LogP contribution is 2.25. The molecule has 0 aliphatic carbocycles. The van der Waals surface area contributed by atoms with Crippen molar-refractivity contribution < 1.29 is 4.79 Å². The Hall–Kier alpha value is -2.67. The van der Waals surface area contributed by atoms with E-state index in [4.69, 9.17) is 0 Å². The first-order valence-corrected chi connectivity index (χ1v) is 7.53. The second-order valence-corrected chi connectivity index (χ2v) is 5.38. The highest BCUT2D eigenvalue weighted by Gasteiger charge is 2.22. The molecule has 0 aromatic heterocycles. The summed E-state index contributed by atoms with van der Waals surface area (Å²) in [5, 5.41) is 0. The van der Waals surface area contributed by atoms with Crippen LogP contribution in [0.1, 0.15) is 27.4 Å². The van der Waals surface area contributed by atoms with Crippen molar-refractivity contribution in [1.82, 2.24) is 0 Å². The molecule has 0 saturated heterocycles. The Kier molecular flexibility index (Phi) is 4.45. The van der Waals surface area contributed by atoms with E-state index in [-0.39, 0.29) is 11.7 Å². The number of hydrogen-bond acceptors (Lipinski definition) is 1. The molecule has 0 fully saturated rings. The van der Waals surface area contributed by atoms with Crippen LogP contribution in [0.2, 0.25) is 0 Å². The lowest BCUT2D eigenvalue weighted by Gasteiger charge is -2.16. The van der Waals surface area contributed by atoms with Crippen molar-refractivity contribution in [3.8, 4) is 0 Å². The van der Waals surface area contributed by atoms with Gasteiger partial charge in [-0.25, -0.2) is 0 Å². The average Bonchev–Trinajstić information content (AvgIpc) is 2.61. The van der Waals surface area contributed by atoms with Gasteiger partial charge in [-0.2, -0.15) is 0 Å². The van der Waals surface area contributed by atoms with Gasteiger partial charge in [0.15, 0.2) is 5.78 Å². The molecule has 0 spiro atoms. The first kappa shape index (κ1) is 14.3. The summed E-state index contributed by atoms with van der Waals surface area (Å²) >= 11 is 0. The molecular weight excluding hydrogens is 268 g/mol. The summed E-state index contributed by atoms with van der Waals surface area (Å²) in [5.74, 6) is 0.0293. The van der Waals surface area contributed by atoms with E-state index < -0.39 is 0 Å². The maximum absolute atomic E-state index is 12.9. The molecule has 0 N–H and O–H groups in total. The van der Waals surface area contributed by atoms with Crippen LogP contribution in [0, 0.1) is 0 Å². The van der Waals surface area contributed by atoms with Gasteiger partial charge in [-0.3, -0.25) is 4.79 Å². The molecule has 108 valence electrons. The standard InChI is InChI=1S/C21H18O/c22-21(19-14-8-3-9-15-19)20(18-12-6-2-7-13-18)16-17-10-4-1-5-11-17/h1-15,20H,16H2/t20-/m1/s1. The fourth-order valence-corrected chi connectivity index (χ4v) is 2.70. The highest BCUT2D eigenvalue weighted by atomic mass is 16.1. The van der Waals surface area contributed by atoms with Crippen LogP contribution in [0.3, 0.4) is 0 Å². The van der Waals surface area contributed by atoms with Crippen LogP contribution in [-0.2, 0) is 6.42 Å². The van der Waals surface area contributed by atoms with Gasteiger partial charge >= 0.3 is 0 Å². The van der Waals surface area contributed by atoms with E-state index in [0.717, 1.165) is 17.5 Å². The van der Waals surface area contributed by atoms with E-state index in [1.165, 1.54) is 5.56 Å². The molecule has 0 heterocycles. The van der Waals surface area contributed by atoms with E-state index in [1.54, 1.807) is 0 Å². The van der Waals surface area contributed by atoms with Gasteiger partial charge in [0.25, 0.3) is 0 Å². The Bertz CT molecular complexity index is 718. The Balaban J connectivity index is 1.95. The molecule has 22 heavy (non-hydrogen) atoms. The van der Waals surface area contributed by atoms with Gasteiger partial charge in [0, 0.05) is 5.56 Å². The number of hydrogen-bond donors (Lipinski definition) is 0. The molecule has 1 nitrogen and oxygen atoms in total. The number of carbonyl (C=O) groups is 1. The van der Waals surface area contributed by atoms with E-state index in [1.807, 2.05) is 78.9 Å². The molecule has 3 rings (SSSR count). The topological polar surface area (TPSA) is 17.1 Å². The molecule has 0 saturated carbocycles. The number of rotatable bonds is 5. The van der Waals surface area contributed by atoms with Crippen LogP contribution in [0.5, 0.6) is 0 Å². The van der Waals surface area contributed by atoms with Gasteiger partial charge in [0.2, 0.25) is 0 Å². The van der Waals surface area contributed by atoms with Crippen molar-refractivity contribution in [2.45, 2.75) is 12.3 Å². The van der Waals surface area contributed by atoms with Crippen molar-refractivity contribution in [2.24, 2.45) is 0 Å². The number of Topliss-reactive ketones (excluding diaryl/α,β-unsaturated/α-hetero) is 1. The van der Waals surface area contributed by atoms with Crippen molar-refractivity contribution in [2.75, 3.05) is 0 Å². The van der Waals surface area contributed by atoms with E-state index in [9.17, 15) is 4.79 Å². The number of ketones is 1. The molecule has 3 aromatic carbocycles. The van der Waals surface area contributed by atoms with E-state index in [0.29, 0.717) is 0 Å². The first-order chi connectivity index (χ1) is 10.8. The minimum Gasteiger partial charge on any atom is -0.293 e. The second-order valence-electron chi connectivity index (χ2n) is 5.38. The molecule has 1 heteroatoms. The Labute approximate surface area is 131 Å². The number of benzene rings is 3. The Morgan fingerprint density at radius 2 is 1.18 bits per heavy atom. The molecule has 0 radical (unpaired) electrons. The van der Waals surface area contributed by atoms with Crippen molar-refractivity contribution in [3.05, 3.63) is 108 Å². The summed E-state index contributed by atoms with van der Waals surface area (Å²) in [6.07, 6.45) is 0.721.